The Bertz CT molecular complexity index is 1060. The van der Waals surface area contributed by atoms with Gasteiger partial charge in [-0.2, -0.15) is 8.78 Å². The van der Waals surface area contributed by atoms with Gasteiger partial charge in [-0.1, -0.05) is 18.2 Å². The monoisotopic (exact) mass is 495 g/mol. The fourth-order valence-electron chi connectivity index (χ4n) is 3.95. The summed E-state index contributed by atoms with van der Waals surface area (Å²) in [7, 11) is 0. The van der Waals surface area contributed by atoms with Crippen LogP contribution in [0, 0.1) is 17.6 Å². The van der Waals surface area contributed by atoms with Gasteiger partial charge in [0.25, 0.3) is 5.91 Å². The van der Waals surface area contributed by atoms with E-state index in [2.05, 4.69) is 10.1 Å². The van der Waals surface area contributed by atoms with Crippen molar-refractivity contribution in [2.45, 2.75) is 26.4 Å². The minimum Gasteiger partial charge on any atom is -0.434 e. The van der Waals surface area contributed by atoms with Crippen LogP contribution in [0.25, 0.3) is 0 Å². The maximum absolute atomic E-state index is 13.8. The zero-order valence-corrected chi connectivity index (χ0v) is 19.0. The van der Waals surface area contributed by atoms with Crippen molar-refractivity contribution in [3.63, 3.8) is 0 Å². The maximum Gasteiger partial charge on any atom is 0.387 e. The lowest BCUT2D eigenvalue weighted by Gasteiger charge is -2.35. The van der Waals surface area contributed by atoms with Gasteiger partial charge in [0.2, 0.25) is 11.8 Å². The molecule has 1 heterocycles. The highest BCUT2D eigenvalue weighted by molar-refractivity contribution is 5.98. The van der Waals surface area contributed by atoms with Crippen LogP contribution < -0.4 is 10.1 Å². The SMILES string of the molecule is CCN(CC(=O)Nc1c(F)cccc1F)C(=O)C1CCCN(C(=O)c2ccccc2OC(F)F)C1. The van der Waals surface area contributed by atoms with Gasteiger partial charge in [0.15, 0.2) is 0 Å². The number of anilines is 1. The number of ether oxygens (including phenoxy) is 1. The van der Waals surface area contributed by atoms with Crippen molar-refractivity contribution in [1.29, 1.82) is 0 Å². The lowest BCUT2D eigenvalue weighted by atomic mass is 9.95. The number of carbonyl (C=O) groups excluding carboxylic acids is 3. The normalized spacial score (nSPS) is 15.6. The summed E-state index contributed by atoms with van der Waals surface area (Å²) < 4.78 is 57.5. The van der Waals surface area contributed by atoms with Crippen molar-refractivity contribution in [2.24, 2.45) is 5.92 Å². The van der Waals surface area contributed by atoms with Crippen LogP contribution in [0.15, 0.2) is 42.5 Å². The van der Waals surface area contributed by atoms with Crippen molar-refractivity contribution in [3.8, 4) is 5.75 Å². The number of nitrogens with one attached hydrogen (secondary N) is 1. The highest BCUT2D eigenvalue weighted by Gasteiger charge is 2.33. The van der Waals surface area contributed by atoms with Crippen molar-refractivity contribution in [1.82, 2.24) is 9.80 Å². The first kappa shape index (κ1) is 26.0. The first-order valence-corrected chi connectivity index (χ1v) is 11.1. The molecule has 1 unspecified atom stereocenters. The van der Waals surface area contributed by atoms with Crippen LogP contribution in [-0.4, -0.2) is 60.3 Å². The molecule has 1 fully saturated rings. The third kappa shape index (κ3) is 6.49. The summed E-state index contributed by atoms with van der Waals surface area (Å²) in [5, 5.41) is 2.15. The Kier molecular flexibility index (Phi) is 8.67. The molecule has 2 aromatic rings. The van der Waals surface area contributed by atoms with Crippen LogP contribution in [0.2, 0.25) is 0 Å². The highest BCUT2D eigenvalue weighted by Crippen LogP contribution is 2.26. The van der Waals surface area contributed by atoms with E-state index in [0.717, 1.165) is 18.2 Å². The molecule has 0 spiro atoms. The smallest absolute Gasteiger partial charge is 0.387 e. The lowest BCUT2D eigenvalue weighted by molar-refractivity contribution is -0.139. The van der Waals surface area contributed by atoms with Gasteiger partial charge in [-0.3, -0.25) is 14.4 Å². The molecule has 188 valence electrons. The van der Waals surface area contributed by atoms with E-state index in [9.17, 15) is 31.9 Å². The average Bonchev–Trinajstić information content (AvgIpc) is 2.84. The van der Waals surface area contributed by atoms with Crippen molar-refractivity contribution in [3.05, 3.63) is 59.7 Å². The van der Waals surface area contributed by atoms with Gasteiger partial charge in [0.1, 0.15) is 23.1 Å². The molecule has 1 atom stereocenters. The van der Waals surface area contributed by atoms with E-state index in [-0.39, 0.29) is 24.4 Å². The fourth-order valence-corrected chi connectivity index (χ4v) is 3.95. The van der Waals surface area contributed by atoms with Gasteiger partial charge in [-0.15, -0.1) is 0 Å². The second kappa shape index (κ2) is 11.7. The summed E-state index contributed by atoms with van der Waals surface area (Å²) in [6, 6.07) is 8.79. The van der Waals surface area contributed by atoms with E-state index in [1.54, 1.807) is 6.92 Å². The van der Waals surface area contributed by atoms with Crippen LogP contribution >= 0.6 is 0 Å². The number of likely N-dealkylation sites (tertiary alicyclic amines) is 1. The van der Waals surface area contributed by atoms with E-state index in [1.807, 2.05) is 0 Å². The van der Waals surface area contributed by atoms with E-state index in [1.165, 1.54) is 34.1 Å². The van der Waals surface area contributed by atoms with Gasteiger partial charge in [0.05, 0.1) is 18.0 Å². The summed E-state index contributed by atoms with van der Waals surface area (Å²) in [6.07, 6.45) is 0.946. The van der Waals surface area contributed by atoms with Gasteiger partial charge in [-0.05, 0) is 44.0 Å². The zero-order chi connectivity index (χ0) is 25.5. The molecule has 3 rings (SSSR count). The number of halogens is 4. The molecule has 1 aliphatic heterocycles. The lowest BCUT2D eigenvalue weighted by Crippen LogP contribution is -2.48. The van der Waals surface area contributed by atoms with Crippen LogP contribution in [0.3, 0.4) is 0 Å². The molecule has 35 heavy (non-hydrogen) atoms. The largest absolute Gasteiger partial charge is 0.434 e. The summed E-state index contributed by atoms with van der Waals surface area (Å²) >= 11 is 0. The molecule has 3 amide bonds. The Morgan fingerprint density at radius 1 is 1.11 bits per heavy atom. The van der Waals surface area contributed by atoms with Crippen molar-refractivity contribution < 1.29 is 36.7 Å². The number of amides is 3. The first-order chi connectivity index (χ1) is 16.7. The molecule has 0 bridgehead atoms. The molecule has 7 nitrogen and oxygen atoms in total. The minimum absolute atomic E-state index is 0.0285. The standard InChI is InChI=1S/C24H25F4N3O4/c1-2-30(14-20(32)29-21-17(25)9-5-10-18(21)26)22(33)15-7-6-12-31(13-15)23(34)16-8-3-4-11-19(16)35-24(27)28/h3-5,8-11,15,24H,2,6-7,12-14H2,1H3,(H,29,32). The van der Waals surface area contributed by atoms with Crippen LogP contribution in [0.4, 0.5) is 23.2 Å². The Labute approximate surface area is 199 Å². The van der Waals surface area contributed by atoms with Crippen LogP contribution in [-0.2, 0) is 9.59 Å². The molecule has 1 aliphatic rings. The zero-order valence-electron chi connectivity index (χ0n) is 19.0. The van der Waals surface area contributed by atoms with Gasteiger partial charge in [-0.25, -0.2) is 8.78 Å². The quantitative estimate of drug-likeness (QED) is 0.564. The molecule has 11 heteroatoms. The number of para-hydroxylation sites is 2. The molecule has 0 radical (unpaired) electrons. The molecule has 0 aliphatic carbocycles. The highest BCUT2D eigenvalue weighted by atomic mass is 19.3. The average molecular weight is 495 g/mol. The predicted octanol–water partition coefficient (Wildman–Crippen LogP) is 3.91. The Hall–Kier alpha value is -3.63. The number of hydrogen-bond acceptors (Lipinski definition) is 4. The molecule has 0 aromatic heterocycles. The van der Waals surface area contributed by atoms with E-state index in [0.29, 0.717) is 19.4 Å². The molecule has 2 aromatic carbocycles. The first-order valence-electron chi connectivity index (χ1n) is 11.1. The van der Waals surface area contributed by atoms with Crippen LogP contribution in [0.5, 0.6) is 5.75 Å². The van der Waals surface area contributed by atoms with Gasteiger partial charge >= 0.3 is 6.61 Å². The second-order valence-corrected chi connectivity index (χ2v) is 7.96. The Morgan fingerprint density at radius 2 is 1.80 bits per heavy atom. The number of piperidine rings is 1. The van der Waals surface area contributed by atoms with E-state index >= 15 is 0 Å². The summed E-state index contributed by atoms with van der Waals surface area (Å²) in [5.41, 5.74) is -0.639. The maximum atomic E-state index is 13.8. The molecule has 1 saturated heterocycles. The third-order valence-corrected chi connectivity index (χ3v) is 5.65. The minimum atomic E-state index is -3.10. The van der Waals surface area contributed by atoms with E-state index in [4.69, 9.17) is 0 Å². The second-order valence-electron chi connectivity index (χ2n) is 7.96. The Balaban J connectivity index is 1.66. The number of benzene rings is 2. The molecular formula is C24H25F4N3O4. The molecule has 1 N–H and O–H groups in total. The van der Waals surface area contributed by atoms with Gasteiger partial charge in [0, 0.05) is 19.6 Å². The number of carbonyl (C=O) groups is 3. The number of nitrogens with zero attached hydrogens (tertiary/aromatic N) is 2. The number of likely N-dealkylation sites (N-methyl/N-ethyl adjacent to an activating group) is 1. The summed E-state index contributed by atoms with van der Waals surface area (Å²) in [6.45, 7) is -1.37. The van der Waals surface area contributed by atoms with Crippen molar-refractivity contribution in [2.75, 3.05) is 31.5 Å². The number of alkyl halides is 2. The fraction of sp³-hybridized carbons (Fsp3) is 0.375. The topological polar surface area (TPSA) is 79.0 Å². The number of hydrogen-bond donors (Lipinski definition) is 1. The predicted molar refractivity (Wildman–Crippen MR) is 119 cm³/mol. The third-order valence-electron chi connectivity index (χ3n) is 5.65. The summed E-state index contributed by atoms with van der Waals surface area (Å²) in [5.74, 6) is -4.48. The van der Waals surface area contributed by atoms with Crippen LogP contribution in [0.1, 0.15) is 30.1 Å². The number of rotatable bonds is 8. The van der Waals surface area contributed by atoms with Crippen molar-refractivity contribution >= 4 is 23.4 Å². The summed E-state index contributed by atoms with van der Waals surface area (Å²) in [4.78, 5) is 41.1. The Morgan fingerprint density at radius 3 is 2.46 bits per heavy atom. The van der Waals surface area contributed by atoms with Gasteiger partial charge < -0.3 is 19.9 Å². The molecule has 0 saturated carbocycles. The molecular weight excluding hydrogens is 470 g/mol. The van der Waals surface area contributed by atoms with E-state index < -0.39 is 54.1 Å².